The minimum atomic E-state index is 0.313. The molecule has 1 rings (SSSR count). The molecule has 0 aromatic heterocycles. The number of amides is 1. The Kier molecular flexibility index (Phi) is 2.88. The third-order valence-corrected chi connectivity index (χ3v) is 2.14. The van der Waals surface area contributed by atoms with Gasteiger partial charge in [0.05, 0.1) is 0 Å². The Morgan fingerprint density at radius 3 is 2.91 bits per heavy atom. The molecule has 0 spiro atoms. The van der Waals surface area contributed by atoms with Gasteiger partial charge in [-0.2, -0.15) is 0 Å². The first kappa shape index (κ1) is 8.53. The third-order valence-electron chi connectivity index (χ3n) is 2.14. The summed E-state index contributed by atoms with van der Waals surface area (Å²) in [5.74, 6) is 0.313. The van der Waals surface area contributed by atoms with E-state index < -0.39 is 0 Å². The number of nitrogens with one attached hydrogen (secondary N) is 1. The third kappa shape index (κ3) is 1.93. The molecule has 11 heavy (non-hydrogen) atoms. The van der Waals surface area contributed by atoms with Crippen molar-refractivity contribution in [1.29, 1.82) is 0 Å². The van der Waals surface area contributed by atoms with Gasteiger partial charge in [-0.3, -0.25) is 4.79 Å². The summed E-state index contributed by atoms with van der Waals surface area (Å²) in [6.45, 7) is 3.92. The maximum Gasteiger partial charge on any atom is 0.222 e. The number of hydrogen-bond acceptors (Lipinski definition) is 2. The van der Waals surface area contributed by atoms with Crippen molar-refractivity contribution in [2.75, 3.05) is 20.1 Å². The summed E-state index contributed by atoms with van der Waals surface area (Å²) in [5, 5.41) is 3.07. The number of hydrogen-bond donors (Lipinski definition) is 1. The second-order valence-electron chi connectivity index (χ2n) is 3.10. The van der Waals surface area contributed by atoms with E-state index in [2.05, 4.69) is 12.2 Å². The number of nitrogens with zero attached hydrogens (tertiary/aromatic N) is 1. The Morgan fingerprint density at radius 1 is 1.73 bits per heavy atom. The van der Waals surface area contributed by atoms with Crippen LogP contribution in [0.3, 0.4) is 0 Å². The SMILES string of the molecule is CNCC(C)N1CCCC1=O. The standard InChI is InChI=1S/C8H16N2O/c1-7(6-9-2)10-5-3-4-8(10)11/h7,9H,3-6H2,1-2H3. The fourth-order valence-corrected chi connectivity index (χ4v) is 1.54. The Morgan fingerprint density at radius 2 is 2.45 bits per heavy atom. The van der Waals surface area contributed by atoms with E-state index >= 15 is 0 Å². The van der Waals surface area contributed by atoms with Gasteiger partial charge in [0, 0.05) is 25.6 Å². The van der Waals surface area contributed by atoms with Crippen LogP contribution in [-0.2, 0) is 4.79 Å². The smallest absolute Gasteiger partial charge is 0.222 e. The molecule has 1 amide bonds. The minimum Gasteiger partial charge on any atom is -0.339 e. The minimum absolute atomic E-state index is 0.313. The van der Waals surface area contributed by atoms with Crippen molar-refractivity contribution in [3.05, 3.63) is 0 Å². The average molecular weight is 156 g/mol. The lowest BCUT2D eigenvalue weighted by Crippen LogP contribution is -2.40. The van der Waals surface area contributed by atoms with E-state index in [1.54, 1.807) is 0 Å². The molecule has 0 aromatic carbocycles. The molecular weight excluding hydrogens is 140 g/mol. The van der Waals surface area contributed by atoms with Gasteiger partial charge in [-0.25, -0.2) is 0 Å². The molecule has 3 nitrogen and oxygen atoms in total. The van der Waals surface area contributed by atoms with Gasteiger partial charge in [0.15, 0.2) is 0 Å². The molecule has 1 unspecified atom stereocenters. The lowest BCUT2D eigenvalue weighted by Gasteiger charge is -2.23. The molecule has 1 saturated heterocycles. The van der Waals surface area contributed by atoms with E-state index in [4.69, 9.17) is 0 Å². The predicted octanol–water partition coefficient (Wildman–Crippen LogP) is 0.217. The van der Waals surface area contributed by atoms with Gasteiger partial charge < -0.3 is 10.2 Å². The van der Waals surface area contributed by atoms with Crippen LogP contribution in [0.4, 0.5) is 0 Å². The number of carbonyl (C=O) groups excluding carboxylic acids is 1. The molecule has 1 atom stereocenters. The first-order valence-corrected chi connectivity index (χ1v) is 4.19. The molecule has 1 heterocycles. The molecule has 0 saturated carbocycles. The monoisotopic (exact) mass is 156 g/mol. The van der Waals surface area contributed by atoms with Crippen LogP contribution in [0.1, 0.15) is 19.8 Å². The van der Waals surface area contributed by atoms with E-state index in [0.29, 0.717) is 11.9 Å². The van der Waals surface area contributed by atoms with Crippen LogP contribution in [0.5, 0.6) is 0 Å². The maximum absolute atomic E-state index is 11.2. The van der Waals surface area contributed by atoms with E-state index in [0.717, 1.165) is 25.9 Å². The first-order valence-electron chi connectivity index (χ1n) is 4.19. The highest BCUT2D eigenvalue weighted by molar-refractivity contribution is 5.78. The van der Waals surface area contributed by atoms with Gasteiger partial charge in [-0.1, -0.05) is 0 Å². The lowest BCUT2D eigenvalue weighted by molar-refractivity contribution is -0.129. The highest BCUT2D eigenvalue weighted by Gasteiger charge is 2.23. The van der Waals surface area contributed by atoms with Crippen LogP contribution >= 0.6 is 0 Å². The Hall–Kier alpha value is -0.570. The summed E-state index contributed by atoms with van der Waals surface area (Å²) in [6.07, 6.45) is 1.78. The van der Waals surface area contributed by atoms with Crippen LogP contribution in [0.2, 0.25) is 0 Å². The van der Waals surface area contributed by atoms with Gasteiger partial charge in [0.2, 0.25) is 5.91 Å². The lowest BCUT2D eigenvalue weighted by atomic mass is 10.3. The van der Waals surface area contributed by atoms with Crippen molar-refractivity contribution in [1.82, 2.24) is 10.2 Å². The van der Waals surface area contributed by atoms with E-state index in [1.807, 2.05) is 11.9 Å². The van der Waals surface area contributed by atoms with E-state index in [9.17, 15) is 4.79 Å². The largest absolute Gasteiger partial charge is 0.339 e. The zero-order valence-electron chi connectivity index (χ0n) is 7.26. The maximum atomic E-state index is 11.2. The van der Waals surface area contributed by atoms with Crippen molar-refractivity contribution in [3.8, 4) is 0 Å². The Bertz CT molecular complexity index is 147. The van der Waals surface area contributed by atoms with Crippen molar-refractivity contribution in [3.63, 3.8) is 0 Å². The number of likely N-dealkylation sites (tertiary alicyclic amines) is 1. The quantitative estimate of drug-likeness (QED) is 0.634. The fourth-order valence-electron chi connectivity index (χ4n) is 1.54. The molecule has 0 bridgehead atoms. The van der Waals surface area contributed by atoms with Crippen LogP contribution in [0.15, 0.2) is 0 Å². The molecule has 1 aliphatic heterocycles. The number of likely N-dealkylation sites (N-methyl/N-ethyl adjacent to an activating group) is 1. The highest BCUT2D eigenvalue weighted by atomic mass is 16.2. The summed E-state index contributed by atoms with van der Waals surface area (Å²) in [7, 11) is 1.91. The van der Waals surface area contributed by atoms with Crippen molar-refractivity contribution in [2.24, 2.45) is 0 Å². The van der Waals surface area contributed by atoms with Gasteiger partial charge in [0.25, 0.3) is 0 Å². The van der Waals surface area contributed by atoms with Gasteiger partial charge in [0.1, 0.15) is 0 Å². The van der Waals surface area contributed by atoms with Crippen LogP contribution in [0.25, 0.3) is 0 Å². The summed E-state index contributed by atoms with van der Waals surface area (Å²) in [5.41, 5.74) is 0. The molecule has 64 valence electrons. The summed E-state index contributed by atoms with van der Waals surface area (Å²) in [6, 6.07) is 0.356. The van der Waals surface area contributed by atoms with Crippen LogP contribution in [0, 0.1) is 0 Å². The molecule has 0 aliphatic carbocycles. The van der Waals surface area contributed by atoms with Crippen molar-refractivity contribution >= 4 is 5.91 Å². The molecule has 1 aliphatic rings. The van der Waals surface area contributed by atoms with Gasteiger partial charge in [-0.15, -0.1) is 0 Å². The average Bonchev–Trinajstić information content (AvgIpc) is 2.36. The second kappa shape index (κ2) is 3.72. The molecule has 3 heteroatoms. The molecule has 0 radical (unpaired) electrons. The number of rotatable bonds is 3. The molecule has 1 N–H and O–H groups in total. The number of carbonyl (C=O) groups is 1. The first-order chi connectivity index (χ1) is 5.25. The Balaban J connectivity index is 2.39. The zero-order valence-corrected chi connectivity index (χ0v) is 7.26. The van der Waals surface area contributed by atoms with Crippen LogP contribution in [-0.4, -0.2) is 37.0 Å². The summed E-state index contributed by atoms with van der Waals surface area (Å²) in [4.78, 5) is 13.1. The van der Waals surface area contributed by atoms with Crippen molar-refractivity contribution in [2.45, 2.75) is 25.8 Å². The molecule has 0 aromatic rings. The predicted molar refractivity (Wildman–Crippen MR) is 44.3 cm³/mol. The topological polar surface area (TPSA) is 32.3 Å². The fraction of sp³-hybridized carbons (Fsp3) is 0.875. The van der Waals surface area contributed by atoms with E-state index in [-0.39, 0.29) is 0 Å². The van der Waals surface area contributed by atoms with E-state index in [1.165, 1.54) is 0 Å². The summed E-state index contributed by atoms with van der Waals surface area (Å²) >= 11 is 0. The van der Waals surface area contributed by atoms with Crippen LogP contribution < -0.4 is 5.32 Å². The van der Waals surface area contributed by atoms with Gasteiger partial charge >= 0.3 is 0 Å². The highest BCUT2D eigenvalue weighted by Crippen LogP contribution is 2.12. The second-order valence-corrected chi connectivity index (χ2v) is 3.10. The molecule has 1 fully saturated rings. The van der Waals surface area contributed by atoms with Gasteiger partial charge in [-0.05, 0) is 20.4 Å². The zero-order chi connectivity index (χ0) is 8.27. The molecular formula is C8H16N2O. The summed E-state index contributed by atoms with van der Waals surface area (Å²) < 4.78 is 0. The van der Waals surface area contributed by atoms with Crippen molar-refractivity contribution < 1.29 is 4.79 Å². The normalized spacial score (nSPS) is 20.9. The Labute approximate surface area is 67.8 Å².